The van der Waals surface area contributed by atoms with E-state index in [0.717, 1.165) is 0 Å². The molecule has 1 heterocycles. The first-order valence-electron chi connectivity index (χ1n) is 15.0. The highest BCUT2D eigenvalue weighted by Crippen LogP contribution is 2.32. The Labute approximate surface area is 301 Å². The number of nitrogens with one attached hydrogen (secondary N) is 1. The Balaban J connectivity index is 1.58. The Kier molecular flexibility index (Phi) is 12.1. The van der Waals surface area contributed by atoms with Crippen molar-refractivity contribution in [3.8, 4) is 0 Å². The third-order valence-corrected chi connectivity index (χ3v) is 7.83. The lowest BCUT2D eigenvalue weighted by Gasteiger charge is -2.44. The average Bonchev–Trinajstić information content (AvgIpc) is 3.13. The fourth-order valence-corrected chi connectivity index (χ4v) is 5.06. The molecule has 0 aliphatic carbocycles. The first-order chi connectivity index (χ1) is 24.0. The average molecular weight is 741 g/mol. The maximum atomic E-state index is 13.6. The highest BCUT2D eigenvalue weighted by atomic mass is 35.6. The van der Waals surface area contributed by atoms with Crippen LogP contribution >= 0.6 is 34.8 Å². The van der Waals surface area contributed by atoms with Crippen molar-refractivity contribution in [2.45, 2.75) is 34.4 Å². The van der Waals surface area contributed by atoms with Crippen molar-refractivity contribution in [3.63, 3.8) is 0 Å². The summed E-state index contributed by atoms with van der Waals surface area (Å²) in [5.74, 6) is -4.67. The number of hydrogen-bond acceptors (Lipinski definition) is 10. The van der Waals surface area contributed by atoms with Gasteiger partial charge in [-0.05, 0) is 48.5 Å². The Bertz CT molecular complexity index is 1790. The molecule has 258 valence electrons. The molecule has 0 bridgehead atoms. The van der Waals surface area contributed by atoms with Gasteiger partial charge in [-0.2, -0.15) is 0 Å². The van der Waals surface area contributed by atoms with Gasteiger partial charge in [-0.3, -0.25) is 4.79 Å². The van der Waals surface area contributed by atoms with Gasteiger partial charge in [0.2, 0.25) is 0 Å². The minimum Gasteiger partial charge on any atom is -0.459 e. The zero-order chi connectivity index (χ0) is 35.7. The molecule has 5 atom stereocenters. The van der Waals surface area contributed by atoms with E-state index >= 15 is 0 Å². The SMILES string of the molecule is O=C(OC[C@H]1O[C@H](NC(=O)C(Cl)(Cl)Cl)[C@H](OC(=O)c2ccccc2)[C@@H](OC(=O)c2ccccc2)[C@@H]1OC(=O)c1ccccc1)c1ccccc1. The summed E-state index contributed by atoms with van der Waals surface area (Å²) in [5.41, 5.74) is 0.493. The number of rotatable bonds is 10. The van der Waals surface area contributed by atoms with Crippen molar-refractivity contribution in [2.24, 2.45) is 0 Å². The van der Waals surface area contributed by atoms with Crippen molar-refractivity contribution in [2.75, 3.05) is 6.61 Å². The number of amides is 1. The molecular weight excluding hydrogens is 713 g/mol. The molecule has 50 heavy (non-hydrogen) atoms. The number of hydrogen-bond donors (Lipinski definition) is 1. The second-order valence-corrected chi connectivity index (χ2v) is 13.0. The van der Waals surface area contributed by atoms with E-state index < -0.39 is 70.8 Å². The lowest BCUT2D eigenvalue weighted by molar-refractivity contribution is -0.235. The largest absolute Gasteiger partial charge is 0.459 e. The lowest BCUT2D eigenvalue weighted by atomic mass is 9.96. The van der Waals surface area contributed by atoms with E-state index in [9.17, 15) is 24.0 Å². The summed E-state index contributed by atoms with van der Waals surface area (Å²) in [4.78, 5) is 66.5. The molecular formula is C36H28Cl3NO10. The van der Waals surface area contributed by atoms with Crippen LogP contribution in [0.2, 0.25) is 0 Å². The first kappa shape index (κ1) is 36.3. The third kappa shape index (κ3) is 9.39. The molecule has 5 rings (SSSR count). The number of carbonyl (C=O) groups excluding carboxylic acids is 5. The molecule has 1 amide bonds. The molecule has 0 radical (unpaired) electrons. The summed E-state index contributed by atoms with van der Waals surface area (Å²) in [5, 5.41) is 2.36. The van der Waals surface area contributed by atoms with Crippen LogP contribution in [-0.4, -0.2) is 70.8 Å². The molecule has 1 aliphatic heterocycles. The molecule has 0 spiro atoms. The lowest BCUT2D eigenvalue weighted by Crippen LogP contribution is -2.67. The summed E-state index contributed by atoms with van der Waals surface area (Å²) in [7, 11) is 0. The summed E-state index contributed by atoms with van der Waals surface area (Å²) < 4.78 is 26.8. The Morgan fingerprint density at radius 1 is 0.540 bits per heavy atom. The smallest absolute Gasteiger partial charge is 0.338 e. The minimum atomic E-state index is -2.51. The number of alkyl halides is 3. The van der Waals surface area contributed by atoms with Gasteiger partial charge in [-0.15, -0.1) is 0 Å². The second-order valence-electron chi connectivity index (χ2n) is 10.7. The molecule has 1 aliphatic rings. The normalized spacial score (nSPS) is 20.1. The number of halogens is 3. The molecule has 4 aromatic rings. The minimum absolute atomic E-state index is 0.0869. The first-order valence-corrected chi connectivity index (χ1v) is 16.2. The molecule has 0 aromatic heterocycles. The fourth-order valence-electron chi connectivity index (χ4n) is 4.89. The zero-order valence-corrected chi connectivity index (χ0v) is 28.1. The van der Waals surface area contributed by atoms with Gasteiger partial charge in [0.1, 0.15) is 12.7 Å². The van der Waals surface area contributed by atoms with Crippen LogP contribution in [-0.2, 0) is 28.5 Å². The Morgan fingerprint density at radius 3 is 1.30 bits per heavy atom. The maximum absolute atomic E-state index is 13.6. The predicted molar refractivity (Wildman–Crippen MR) is 181 cm³/mol. The van der Waals surface area contributed by atoms with Gasteiger partial charge in [0.05, 0.1) is 22.3 Å². The topological polar surface area (TPSA) is 144 Å². The molecule has 14 heteroatoms. The van der Waals surface area contributed by atoms with Crippen molar-refractivity contribution < 1.29 is 47.7 Å². The van der Waals surface area contributed by atoms with E-state index in [1.54, 1.807) is 72.8 Å². The molecule has 1 fully saturated rings. The molecule has 0 saturated carbocycles. The number of benzene rings is 4. The predicted octanol–water partition coefficient (Wildman–Crippen LogP) is 5.73. The summed E-state index contributed by atoms with van der Waals surface area (Å²) in [6.07, 6.45) is -8.17. The van der Waals surface area contributed by atoms with Crippen LogP contribution in [0.15, 0.2) is 121 Å². The van der Waals surface area contributed by atoms with Crippen molar-refractivity contribution in [3.05, 3.63) is 144 Å². The van der Waals surface area contributed by atoms with Gasteiger partial charge in [-0.25, -0.2) is 19.2 Å². The van der Waals surface area contributed by atoms with Crippen LogP contribution in [0.4, 0.5) is 0 Å². The maximum Gasteiger partial charge on any atom is 0.338 e. The van der Waals surface area contributed by atoms with Crippen molar-refractivity contribution in [1.82, 2.24) is 5.32 Å². The summed E-state index contributed by atoms with van der Waals surface area (Å²) in [6, 6.07) is 31.5. The van der Waals surface area contributed by atoms with E-state index in [4.69, 9.17) is 58.5 Å². The van der Waals surface area contributed by atoms with Crippen molar-refractivity contribution in [1.29, 1.82) is 0 Å². The number of carbonyl (C=O) groups is 5. The second kappa shape index (κ2) is 16.6. The van der Waals surface area contributed by atoms with Crippen molar-refractivity contribution >= 4 is 64.6 Å². The van der Waals surface area contributed by atoms with Crippen LogP contribution in [0, 0.1) is 0 Å². The molecule has 11 nitrogen and oxygen atoms in total. The van der Waals surface area contributed by atoms with E-state index in [-0.39, 0.29) is 22.3 Å². The van der Waals surface area contributed by atoms with Gasteiger partial charge in [0, 0.05) is 0 Å². The fraction of sp³-hybridized carbons (Fsp3) is 0.194. The third-order valence-electron chi connectivity index (χ3n) is 7.31. The zero-order valence-electron chi connectivity index (χ0n) is 25.9. The van der Waals surface area contributed by atoms with Crippen LogP contribution in [0.3, 0.4) is 0 Å². The molecule has 4 aromatic carbocycles. The summed E-state index contributed by atoms with van der Waals surface area (Å²) >= 11 is 17.6. The van der Waals surface area contributed by atoms with Crippen LogP contribution < -0.4 is 5.32 Å². The van der Waals surface area contributed by atoms with E-state index in [1.807, 2.05) is 0 Å². The summed E-state index contributed by atoms with van der Waals surface area (Å²) in [6.45, 7) is -0.598. The number of esters is 4. The van der Waals surface area contributed by atoms with Gasteiger partial charge in [0.25, 0.3) is 9.70 Å². The molecule has 0 unspecified atom stereocenters. The van der Waals surface area contributed by atoms with Gasteiger partial charge in [-0.1, -0.05) is 108 Å². The van der Waals surface area contributed by atoms with Crippen LogP contribution in [0.1, 0.15) is 41.4 Å². The molecule has 1 saturated heterocycles. The Hall–Kier alpha value is -4.94. The van der Waals surface area contributed by atoms with E-state index in [0.29, 0.717) is 0 Å². The highest BCUT2D eigenvalue weighted by molar-refractivity contribution is 6.76. The van der Waals surface area contributed by atoms with Gasteiger partial charge in [0.15, 0.2) is 24.5 Å². The van der Waals surface area contributed by atoms with Crippen LogP contribution in [0.5, 0.6) is 0 Å². The standard InChI is InChI=1S/C36H28Cl3NO10/c37-36(38,39)35(45)40-30-29(50-34(44)25-19-11-4-12-20-25)28(49-33(43)24-17-9-3-10-18-24)27(48-32(42)23-15-7-2-8-16-23)26(47-30)21-46-31(41)22-13-5-1-6-14-22/h1-20,26-30H,21H2,(H,40,45)/t26-,27-,28+,29-,30+/m1/s1. The van der Waals surface area contributed by atoms with E-state index in [1.165, 1.54) is 48.5 Å². The monoisotopic (exact) mass is 739 g/mol. The molecule has 1 N–H and O–H groups in total. The van der Waals surface area contributed by atoms with E-state index in [2.05, 4.69) is 5.32 Å². The highest BCUT2D eigenvalue weighted by Gasteiger charge is 2.54. The quantitative estimate of drug-likeness (QED) is 0.122. The Morgan fingerprint density at radius 2 is 0.900 bits per heavy atom. The van der Waals surface area contributed by atoms with Gasteiger partial charge >= 0.3 is 23.9 Å². The van der Waals surface area contributed by atoms with Crippen LogP contribution in [0.25, 0.3) is 0 Å². The van der Waals surface area contributed by atoms with Gasteiger partial charge < -0.3 is 29.0 Å². The number of ether oxygens (including phenoxy) is 5.